The van der Waals surface area contributed by atoms with Crippen molar-refractivity contribution in [2.24, 2.45) is 0 Å². The minimum absolute atomic E-state index is 0.0937. The lowest BCUT2D eigenvalue weighted by Crippen LogP contribution is -2.38. The lowest BCUT2D eigenvalue weighted by Gasteiger charge is -2.32. The number of hydrogen-bond donors (Lipinski definition) is 0. The minimum Gasteiger partial charge on any atom is -0.490 e. The number of rotatable bonds is 4. The first-order chi connectivity index (χ1) is 13.0. The van der Waals surface area contributed by atoms with Crippen LogP contribution in [0.1, 0.15) is 18.4 Å². The molecule has 0 radical (unpaired) electrons. The summed E-state index contributed by atoms with van der Waals surface area (Å²) >= 11 is 3.15. The van der Waals surface area contributed by atoms with E-state index in [9.17, 15) is 13.2 Å². The van der Waals surface area contributed by atoms with E-state index in [1.165, 1.54) is 12.1 Å². The van der Waals surface area contributed by atoms with Gasteiger partial charge >= 0.3 is 6.18 Å². The van der Waals surface area contributed by atoms with Crippen LogP contribution in [0.3, 0.4) is 0 Å². The SMILES string of the molecule is FC(F)(F)c1ccccc1OC1CCN(c2ncc(-c3nccs3)s2)CC1. The monoisotopic (exact) mass is 411 g/mol. The molecule has 142 valence electrons. The van der Waals surface area contributed by atoms with Gasteiger partial charge in [-0.05, 0) is 12.1 Å². The Bertz CT molecular complexity index is 887. The standard InChI is InChI=1S/C18H16F3N3OS2/c19-18(20,21)13-3-1-2-4-14(13)25-12-5-8-24(9-6-12)17-23-11-15(27-17)16-22-7-10-26-16/h1-4,7,10-12H,5-6,8-9H2. The van der Waals surface area contributed by atoms with Crippen molar-refractivity contribution in [3.63, 3.8) is 0 Å². The predicted octanol–water partition coefficient (Wildman–Crippen LogP) is 5.33. The first-order valence-corrected chi connectivity index (χ1v) is 10.1. The van der Waals surface area contributed by atoms with Gasteiger partial charge in [-0.25, -0.2) is 9.97 Å². The molecule has 0 saturated carbocycles. The number of aromatic nitrogens is 2. The van der Waals surface area contributed by atoms with E-state index < -0.39 is 11.7 Å². The second-order valence-corrected chi connectivity index (χ2v) is 8.05. The van der Waals surface area contributed by atoms with Gasteiger partial charge in [0.25, 0.3) is 0 Å². The number of para-hydroxylation sites is 1. The lowest BCUT2D eigenvalue weighted by molar-refractivity contribution is -0.139. The highest BCUT2D eigenvalue weighted by atomic mass is 32.1. The van der Waals surface area contributed by atoms with E-state index in [0.717, 1.165) is 21.1 Å². The van der Waals surface area contributed by atoms with Gasteiger partial charge in [-0.3, -0.25) is 0 Å². The molecule has 1 fully saturated rings. The number of ether oxygens (including phenoxy) is 1. The van der Waals surface area contributed by atoms with Crippen molar-refractivity contribution in [3.8, 4) is 15.6 Å². The fourth-order valence-electron chi connectivity index (χ4n) is 3.00. The van der Waals surface area contributed by atoms with Gasteiger partial charge in [-0.1, -0.05) is 23.5 Å². The van der Waals surface area contributed by atoms with E-state index in [2.05, 4.69) is 14.9 Å². The van der Waals surface area contributed by atoms with E-state index in [1.54, 1.807) is 34.9 Å². The molecule has 0 amide bonds. The molecule has 1 aromatic carbocycles. The molecule has 0 aliphatic carbocycles. The maximum atomic E-state index is 13.1. The van der Waals surface area contributed by atoms with Crippen LogP contribution in [-0.4, -0.2) is 29.2 Å². The fraction of sp³-hybridized carbons (Fsp3) is 0.333. The highest BCUT2D eigenvalue weighted by Crippen LogP contribution is 2.37. The Morgan fingerprint density at radius 2 is 1.89 bits per heavy atom. The van der Waals surface area contributed by atoms with Crippen molar-refractivity contribution >= 4 is 27.8 Å². The summed E-state index contributed by atoms with van der Waals surface area (Å²) in [7, 11) is 0. The van der Waals surface area contributed by atoms with Crippen molar-refractivity contribution in [3.05, 3.63) is 47.6 Å². The smallest absolute Gasteiger partial charge is 0.419 e. The molecule has 0 bridgehead atoms. The van der Waals surface area contributed by atoms with Crippen LogP contribution in [0.25, 0.3) is 9.88 Å². The first-order valence-electron chi connectivity index (χ1n) is 8.44. The molecule has 0 spiro atoms. The summed E-state index contributed by atoms with van der Waals surface area (Å²) < 4.78 is 45.0. The molecule has 0 atom stereocenters. The van der Waals surface area contributed by atoms with Gasteiger partial charge in [0.1, 0.15) is 16.9 Å². The van der Waals surface area contributed by atoms with Gasteiger partial charge in [0.15, 0.2) is 5.13 Å². The van der Waals surface area contributed by atoms with Crippen LogP contribution < -0.4 is 9.64 Å². The van der Waals surface area contributed by atoms with E-state index in [0.29, 0.717) is 25.9 Å². The minimum atomic E-state index is -4.41. The van der Waals surface area contributed by atoms with Crippen molar-refractivity contribution in [2.45, 2.75) is 25.1 Å². The number of hydrogen-bond acceptors (Lipinski definition) is 6. The van der Waals surface area contributed by atoms with Crippen molar-refractivity contribution < 1.29 is 17.9 Å². The topological polar surface area (TPSA) is 38.2 Å². The van der Waals surface area contributed by atoms with Gasteiger partial charge in [0.05, 0.1) is 16.6 Å². The Kier molecular flexibility index (Phi) is 5.05. The van der Waals surface area contributed by atoms with Crippen LogP contribution in [0.4, 0.5) is 18.3 Å². The molecule has 1 saturated heterocycles. The number of piperidine rings is 1. The number of nitrogens with zero attached hydrogens (tertiary/aromatic N) is 3. The van der Waals surface area contributed by atoms with Gasteiger partial charge in [0.2, 0.25) is 0 Å². The number of benzene rings is 1. The van der Waals surface area contributed by atoms with E-state index >= 15 is 0 Å². The third kappa shape index (κ3) is 4.08. The quantitative estimate of drug-likeness (QED) is 0.581. The first kappa shape index (κ1) is 18.2. The fourth-order valence-corrected chi connectivity index (χ4v) is 4.67. The summed E-state index contributed by atoms with van der Waals surface area (Å²) in [5.74, 6) is -0.0937. The molecule has 0 unspecified atom stereocenters. The van der Waals surface area contributed by atoms with Crippen LogP contribution in [0.2, 0.25) is 0 Å². The van der Waals surface area contributed by atoms with E-state index in [1.807, 2.05) is 11.6 Å². The summed E-state index contributed by atoms with van der Waals surface area (Å²) in [6.07, 6.45) is 0.242. The van der Waals surface area contributed by atoms with Gasteiger partial charge < -0.3 is 9.64 Å². The van der Waals surface area contributed by atoms with Crippen molar-refractivity contribution in [1.29, 1.82) is 0 Å². The highest BCUT2D eigenvalue weighted by molar-refractivity contribution is 7.23. The molecule has 4 rings (SSSR count). The maximum Gasteiger partial charge on any atom is 0.419 e. The molecule has 9 heteroatoms. The average Bonchev–Trinajstić information content (AvgIpc) is 3.34. The number of halogens is 3. The number of alkyl halides is 3. The molecule has 3 aromatic rings. The molecule has 1 aliphatic rings. The summed E-state index contributed by atoms with van der Waals surface area (Å²) in [5, 5.41) is 3.78. The molecule has 0 N–H and O–H groups in total. The van der Waals surface area contributed by atoms with Gasteiger partial charge in [-0.15, -0.1) is 11.3 Å². The van der Waals surface area contributed by atoms with Crippen LogP contribution >= 0.6 is 22.7 Å². The van der Waals surface area contributed by atoms with E-state index in [4.69, 9.17) is 4.74 Å². The highest BCUT2D eigenvalue weighted by Gasteiger charge is 2.35. The number of thiazole rings is 2. The Morgan fingerprint density at radius 1 is 1.11 bits per heavy atom. The molecular formula is C18H16F3N3OS2. The largest absolute Gasteiger partial charge is 0.490 e. The Hall–Kier alpha value is -2.13. The Labute approximate surface area is 162 Å². The average molecular weight is 411 g/mol. The van der Waals surface area contributed by atoms with Crippen LogP contribution in [0, 0.1) is 0 Å². The van der Waals surface area contributed by atoms with Crippen LogP contribution in [-0.2, 0) is 6.18 Å². The predicted molar refractivity (Wildman–Crippen MR) is 101 cm³/mol. The van der Waals surface area contributed by atoms with Crippen molar-refractivity contribution in [2.75, 3.05) is 18.0 Å². The normalized spacial score (nSPS) is 15.9. The van der Waals surface area contributed by atoms with Crippen molar-refractivity contribution in [1.82, 2.24) is 9.97 Å². The van der Waals surface area contributed by atoms with Crippen LogP contribution in [0.15, 0.2) is 42.0 Å². The third-order valence-electron chi connectivity index (χ3n) is 4.34. The third-order valence-corrected chi connectivity index (χ3v) is 6.34. The molecule has 2 aromatic heterocycles. The lowest BCUT2D eigenvalue weighted by atomic mass is 10.1. The Balaban J connectivity index is 1.39. The molecular weight excluding hydrogens is 395 g/mol. The zero-order valence-electron chi connectivity index (χ0n) is 14.1. The molecule has 4 nitrogen and oxygen atoms in total. The van der Waals surface area contributed by atoms with E-state index in [-0.39, 0.29) is 11.9 Å². The molecule has 3 heterocycles. The summed E-state index contributed by atoms with van der Waals surface area (Å²) in [6, 6.07) is 5.38. The zero-order valence-corrected chi connectivity index (χ0v) is 15.8. The second kappa shape index (κ2) is 7.47. The van der Waals surface area contributed by atoms with Gasteiger partial charge in [-0.2, -0.15) is 13.2 Å². The second-order valence-electron chi connectivity index (χ2n) is 6.14. The number of anilines is 1. The van der Waals surface area contributed by atoms with Gasteiger partial charge in [0, 0.05) is 37.5 Å². The maximum absolute atomic E-state index is 13.1. The molecule has 27 heavy (non-hydrogen) atoms. The summed E-state index contributed by atoms with van der Waals surface area (Å²) in [6.45, 7) is 1.40. The summed E-state index contributed by atoms with van der Waals surface area (Å²) in [5.41, 5.74) is -0.722. The summed E-state index contributed by atoms with van der Waals surface area (Å²) in [4.78, 5) is 11.9. The Morgan fingerprint density at radius 3 is 2.59 bits per heavy atom. The zero-order chi connectivity index (χ0) is 18.9. The van der Waals surface area contributed by atoms with Crippen LogP contribution in [0.5, 0.6) is 5.75 Å². The molecule has 1 aliphatic heterocycles.